The highest BCUT2D eigenvalue weighted by molar-refractivity contribution is 5.92. The Morgan fingerprint density at radius 2 is 2.67 bits per heavy atom. The minimum absolute atomic E-state index is 0.0231. The van der Waals surface area contributed by atoms with E-state index in [0.717, 1.165) is 18.8 Å². The first-order chi connectivity index (χ1) is 4.38. The van der Waals surface area contributed by atoms with Crippen LogP contribution in [0.2, 0.25) is 0 Å². The van der Waals surface area contributed by atoms with Crippen molar-refractivity contribution < 1.29 is 0 Å². The van der Waals surface area contributed by atoms with Crippen LogP contribution in [0.5, 0.6) is 0 Å². The summed E-state index contributed by atoms with van der Waals surface area (Å²) in [5, 5.41) is 11.6. The molecular formula is C6H9N3. The standard InChI is InChI=1S/C6H9N3/c1-8-6-4-9-3-5(6)2-7/h5,9H,3-4H2,1H3/b8-6+. The number of nitriles is 1. The van der Waals surface area contributed by atoms with E-state index >= 15 is 0 Å². The normalized spacial score (nSPS) is 30.7. The van der Waals surface area contributed by atoms with E-state index in [1.807, 2.05) is 0 Å². The minimum Gasteiger partial charge on any atom is -0.310 e. The van der Waals surface area contributed by atoms with Crippen molar-refractivity contribution in [1.29, 1.82) is 5.26 Å². The topological polar surface area (TPSA) is 48.2 Å². The lowest BCUT2D eigenvalue weighted by molar-refractivity contribution is 0.796. The van der Waals surface area contributed by atoms with Gasteiger partial charge in [-0.3, -0.25) is 4.99 Å². The molecule has 1 atom stereocenters. The van der Waals surface area contributed by atoms with Crippen LogP contribution < -0.4 is 5.32 Å². The van der Waals surface area contributed by atoms with Crippen molar-refractivity contribution in [3.05, 3.63) is 0 Å². The molecule has 1 fully saturated rings. The molecule has 1 rings (SSSR count). The molecule has 1 aliphatic heterocycles. The summed E-state index contributed by atoms with van der Waals surface area (Å²) in [7, 11) is 1.73. The average molecular weight is 123 g/mol. The van der Waals surface area contributed by atoms with E-state index in [9.17, 15) is 0 Å². The van der Waals surface area contributed by atoms with E-state index in [4.69, 9.17) is 5.26 Å². The van der Waals surface area contributed by atoms with Gasteiger partial charge in [-0.15, -0.1) is 0 Å². The maximum absolute atomic E-state index is 8.50. The van der Waals surface area contributed by atoms with Gasteiger partial charge in [-0.25, -0.2) is 0 Å². The third kappa shape index (κ3) is 1.08. The molecule has 3 nitrogen and oxygen atoms in total. The van der Waals surface area contributed by atoms with E-state index < -0.39 is 0 Å². The van der Waals surface area contributed by atoms with Crippen molar-refractivity contribution in [2.24, 2.45) is 10.9 Å². The fourth-order valence-corrected chi connectivity index (χ4v) is 0.941. The van der Waals surface area contributed by atoms with Crippen molar-refractivity contribution in [2.45, 2.75) is 0 Å². The van der Waals surface area contributed by atoms with Crippen LogP contribution >= 0.6 is 0 Å². The Morgan fingerprint density at radius 1 is 1.89 bits per heavy atom. The van der Waals surface area contributed by atoms with Crippen LogP contribution in [0.25, 0.3) is 0 Å². The minimum atomic E-state index is 0.0231. The molecule has 1 saturated heterocycles. The summed E-state index contributed by atoms with van der Waals surface area (Å²) in [5.41, 5.74) is 0.984. The van der Waals surface area contributed by atoms with E-state index in [-0.39, 0.29) is 5.92 Å². The molecule has 0 aromatic heterocycles. The molecule has 0 aromatic carbocycles. The Morgan fingerprint density at radius 3 is 3.11 bits per heavy atom. The smallest absolute Gasteiger partial charge is 0.0978 e. The largest absolute Gasteiger partial charge is 0.310 e. The van der Waals surface area contributed by atoms with Gasteiger partial charge in [0, 0.05) is 25.8 Å². The lowest BCUT2D eigenvalue weighted by Crippen LogP contribution is -2.08. The summed E-state index contributed by atoms with van der Waals surface area (Å²) in [6, 6.07) is 2.17. The summed E-state index contributed by atoms with van der Waals surface area (Å²) >= 11 is 0. The number of rotatable bonds is 0. The van der Waals surface area contributed by atoms with Gasteiger partial charge >= 0.3 is 0 Å². The molecule has 1 heterocycles. The maximum atomic E-state index is 8.50. The first-order valence-electron chi connectivity index (χ1n) is 2.94. The van der Waals surface area contributed by atoms with Crippen LogP contribution in [0.4, 0.5) is 0 Å². The number of nitrogens with one attached hydrogen (secondary N) is 1. The van der Waals surface area contributed by atoms with Gasteiger partial charge in [0.2, 0.25) is 0 Å². The van der Waals surface area contributed by atoms with Crippen LogP contribution in [-0.2, 0) is 0 Å². The highest BCUT2D eigenvalue weighted by Crippen LogP contribution is 2.02. The number of nitrogens with zero attached hydrogens (tertiary/aromatic N) is 2. The predicted octanol–water partition coefficient (Wildman–Crippen LogP) is -0.200. The van der Waals surface area contributed by atoms with Crippen molar-refractivity contribution in [1.82, 2.24) is 5.32 Å². The Kier molecular flexibility index (Phi) is 1.81. The van der Waals surface area contributed by atoms with Gasteiger partial charge in [0.15, 0.2) is 0 Å². The second-order valence-electron chi connectivity index (χ2n) is 2.03. The molecule has 0 bridgehead atoms. The third-order valence-corrected chi connectivity index (χ3v) is 1.50. The van der Waals surface area contributed by atoms with Gasteiger partial charge in [-0.1, -0.05) is 0 Å². The Labute approximate surface area is 54.4 Å². The lowest BCUT2D eigenvalue weighted by atomic mass is 10.1. The third-order valence-electron chi connectivity index (χ3n) is 1.50. The average Bonchev–Trinajstić information content (AvgIpc) is 2.33. The van der Waals surface area contributed by atoms with Crippen LogP contribution in [0, 0.1) is 17.2 Å². The summed E-state index contributed by atoms with van der Waals surface area (Å²) in [6.07, 6.45) is 0. The summed E-state index contributed by atoms with van der Waals surface area (Å²) < 4.78 is 0. The zero-order chi connectivity index (χ0) is 6.69. The zero-order valence-corrected chi connectivity index (χ0v) is 5.39. The zero-order valence-electron chi connectivity index (χ0n) is 5.39. The molecule has 9 heavy (non-hydrogen) atoms. The molecule has 0 saturated carbocycles. The SMILES string of the molecule is C/N=C1\CNCC1C#N. The lowest BCUT2D eigenvalue weighted by Gasteiger charge is -1.93. The quantitative estimate of drug-likeness (QED) is 0.485. The molecule has 0 spiro atoms. The monoisotopic (exact) mass is 123 g/mol. The highest BCUT2D eigenvalue weighted by Gasteiger charge is 2.19. The second-order valence-corrected chi connectivity index (χ2v) is 2.03. The summed E-state index contributed by atoms with van der Waals surface area (Å²) in [4.78, 5) is 3.97. The summed E-state index contributed by atoms with van der Waals surface area (Å²) in [6.45, 7) is 1.55. The van der Waals surface area contributed by atoms with Gasteiger partial charge in [0.1, 0.15) is 0 Å². The molecule has 0 aliphatic carbocycles. The fraction of sp³-hybridized carbons (Fsp3) is 0.667. The first-order valence-corrected chi connectivity index (χ1v) is 2.94. The maximum Gasteiger partial charge on any atom is 0.0978 e. The van der Waals surface area contributed by atoms with Crippen molar-refractivity contribution >= 4 is 5.71 Å². The first kappa shape index (κ1) is 6.24. The molecule has 3 heteroatoms. The predicted molar refractivity (Wildman–Crippen MR) is 35.3 cm³/mol. The number of hydrogen-bond acceptors (Lipinski definition) is 3. The van der Waals surface area contributed by atoms with Crippen LogP contribution in [0.3, 0.4) is 0 Å². The van der Waals surface area contributed by atoms with Gasteiger partial charge in [-0.05, 0) is 0 Å². The molecule has 48 valence electrons. The van der Waals surface area contributed by atoms with Crippen molar-refractivity contribution in [3.8, 4) is 6.07 Å². The van der Waals surface area contributed by atoms with Crippen LogP contribution in [-0.4, -0.2) is 25.8 Å². The molecule has 1 aliphatic rings. The Hall–Kier alpha value is -0.880. The van der Waals surface area contributed by atoms with Gasteiger partial charge in [0.25, 0.3) is 0 Å². The van der Waals surface area contributed by atoms with Gasteiger partial charge in [-0.2, -0.15) is 5.26 Å². The highest BCUT2D eigenvalue weighted by atomic mass is 14.9. The molecule has 1 N–H and O–H groups in total. The van der Waals surface area contributed by atoms with E-state index in [2.05, 4.69) is 16.4 Å². The van der Waals surface area contributed by atoms with E-state index in [1.54, 1.807) is 7.05 Å². The number of hydrogen-bond donors (Lipinski definition) is 1. The molecule has 0 aromatic rings. The van der Waals surface area contributed by atoms with Gasteiger partial charge < -0.3 is 5.32 Å². The molecular weight excluding hydrogens is 114 g/mol. The van der Waals surface area contributed by atoms with Gasteiger partial charge in [0.05, 0.1) is 12.0 Å². The van der Waals surface area contributed by atoms with Crippen molar-refractivity contribution in [3.63, 3.8) is 0 Å². The van der Waals surface area contributed by atoms with Crippen LogP contribution in [0.15, 0.2) is 4.99 Å². The van der Waals surface area contributed by atoms with E-state index in [1.165, 1.54) is 0 Å². The second kappa shape index (κ2) is 2.60. The molecule has 1 unspecified atom stereocenters. The number of aliphatic imine (C=N–C) groups is 1. The van der Waals surface area contributed by atoms with E-state index in [0.29, 0.717) is 0 Å². The fourth-order valence-electron chi connectivity index (χ4n) is 0.941. The Balaban J connectivity index is 2.65. The summed E-state index contributed by atoms with van der Waals surface area (Å²) in [5.74, 6) is 0.0231. The molecule has 0 amide bonds. The molecule has 0 radical (unpaired) electrons. The Bertz CT molecular complexity index is 166. The van der Waals surface area contributed by atoms with Crippen LogP contribution in [0.1, 0.15) is 0 Å². The van der Waals surface area contributed by atoms with Crippen molar-refractivity contribution in [2.75, 3.05) is 20.1 Å².